The van der Waals surface area contributed by atoms with E-state index >= 15 is 0 Å². The quantitative estimate of drug-likeness (QED) is 0.275. The first kappa shape index (κ1) is 23.1. The van der Waals surface area contributed by atoms with Crippen LogP contribution in [0.1, 0.15) is 5.69 Å². The fourth-order valence-electron chi connectivity index (χ4n) is 4.00. The van der Waals surface area contributed by atoms with Gasteiger partial charge in [-0.25, -0.2) is 9.67 Å². The van der Waals surface area contributed by atoms with Crippen molar-refractivity contribution < 1.29 is 10.0 Å². The van der Waals surface area contributed by atoms with Gasteiger partial charge in [0.15, 0.2) is 10.5 Å². The average molecular weight is 500 g/mol. The van der Waals surface area contributed by atoms with Crippen molar-refractivity contribution in [2.24, 2.45) is 12.0 Å². The fourth-order valence-corrected chi connectivity index (χ4v) is 4.91. The average Bonchev–Trinajstić information content (AvgIpc) is 3.39. The highest BCUT2D eigenvalue weighted by Gasteiger charge is 2.18. The lowest BCUT2D eigenvalue weighted by Crippen LogP contribution is -2.20. The maximum Gasteiger partial charge on any atom is 0.297 e. The monoisotopic (exact) mass is 499 g/mol. The van der Waals surface area contributed by atoms with E-state index in [2.05, 4.69) is 0 Å². The summed E-state index contributed by atoms with van der Waals surface area (Å²) in [5.74, 6) is 0.106. The van der Waals surface area contributed by atoms with Crippen LogP contribution in [0.5, 0.6) is 5.75 Å². The number of aromatic hydroxyl groups is 1. The minimum absolute atomic E-state index is 0.0286. The zero-order chi connectivity index (χ0) is 25.4. The predicted molar refractivity (Wildman–Crippen MR) is 138 cm³/mol. The van der Waals surface area contributed by atoms with E-state index in [1.54, 1.807) is 52.8 Å². The van der Waals surface area contributed by atoms with Crippen LogP contribution in [0.4, 0.5) is 11.4 Å². The number of phenolic OH excluding ortho intramolecular Hbond substituents is 1. The number of nitro benzene ring substituents is 1. The summed E-state index contributed by atoms with van der Waals surface area (Å²) in [4.78, 5) is 29.7. The number of nitrogens with zero attached hydrogens (tertiary/aromatic N) is 5. The van der Waals surface area contributed by atoms with Crippen molar-refractivity contribution in [2.75, 3.05) is 0 Å². The molecule has 0 atom stereocenters. The molecular formula is C26H21N5O4S. The molecule has 2 aromatic heterocycles. The molecule has 0 unspecified atom stereocenters. The summed E-state index contributed by atoms with van der Waals surface area (Å²) in [5, 5.41) is 23.0. The second-order valence-corrected chi connectivity index (χ2v) is 8.92. The molecule has 0 bridgehead atoms. The summed E-state index contributed by atoms with van der Waals surface area (Å²) >= 11 is 1.31. The number of non-ortho nitro benzene ring substituents is 1. The van der Waals surface area contributed by atoms with Crippen molar-refractivity contribution in [3.05, 3.63) is 115 Å². The summed E-state index contributed by atoms with van der Waals surface area (Å²) in [5.41, 5.74) is 3.40. The van der Waals surface area contributed by atoms with Crippen LogP contribution < -0.4 is 10.4 Å². The molecule has 2 heterocycles. The van der Waals surface area contributed by atoms with Crippen molar-refractivity contribution >= 4 is 22.7 Å². The Morgan fingerprint density at radius 2 is 1.69 bits per heavy atom. The Kier molecular flexibility index (Phi) is 5.87. The molecule has 9 nitrogen and oxygen atoms in total. The maximum atomic E-state index is 13.4. The minimum atomic E-state index is -0.439. The highest BCUT2D eigenvalue weighted by atomic mass is 32.1. The zero-order valence-electron chi connectivity index (χ0n) is 19.4. The van der Waals surface area contributed by atoms with Crippen molar-refractivity contribution in [1.29, 1.82) is 0 Å². The summed E-state index contributed by atoms with van der Waals surface area (Å²) in [7, 11) is 1.81. The van der Waals surface area contributed by atoms with Crippen molar-refractivity contribution in [3.63, 3.8) is 0 Å². The molecule has 0 spiro atoms. The van der Waals surface area contributed by atoms with Gasteiger partial charge in [0.2, 0.25) is 0 Å². The SMILES string of the molecule is Cc1c(N=c2scc(-c3cccc([N+](=O)[O-])c3)n2-c2ccc(O)cc2)c(=O)n(-c2ccccc2)n1C. The summed E-state index contributed by atoms with van der Waals surface area (Å²) < 4.78 is 5.15. The van der Waals surface area contributed by atoms with Gasteiger partial charge in [0.1, 0.15) is 5.75 Å². The predicted octanol–water partition coefficient (Wildman–Crippen LogP) is 4.85. The number of hydrogen-bond acceptors (Lipinski definition) is 6. The van der Waals surface area contributed by atoms with Gasteiger partial charge >= 0.3 is 0 Å². The lowest BCUT2D eigenvalue weighted by molar-refractivity contribution is -0.384. The van der Waals surface area contributed by atoms with E-state index in [4.69, 9.17) is 4.99 Å². The van der Waals surface area contributed by atoms with E-state index < -0.39 is 4.92 Å². The van der Waals surface area contributed by atoms with Crippen molar-refractivity contribution in [2.45, 2.75) is 6.92 Å². The lowest BCUT2D eigenvalue weighted by atomic mass is 10.1. The summed E-state index contributed by atoms with van der Waals surface area (Å²) in [6.45, 7) is 1.83. The van der Waals surface area contributed by atoms with Gasteiger partial charge < -0.3 is 5.11 Å². The molecule has 0 saturated carbocycles. The number of thiazole rings is 1. The van der Waals surface area contributed by atoms with Crippen LogP contribution in [0.2, 0.25) is 0 Å². The van der Waals surface area contributed by atoms with Gasteiger partial charge in [0, 0.05) is 35.8 Å². The number of phenols is 1. The Morgan fingerprint density at radius 3 is 2.39 bits per heavy atom. The Balaban J connectivity index is 1.76. The molecule has 0 aliphatic heterocycles. The zero-order valence-corrected chi connectivity index (χ0v) is 20.2. The molecule has 0 amide bonds. The van der Waals surface area contributed by atoms with E-state index in [9.17, 15) is 20.0 Å². The normalized spacial score (nSPS) is 11.7. The molecule has 0 aliphatic rings. The molecule has 5 rings (SSSR count). The standard InChI is InChI=1S/C26H21N5O4S/c1-17-24(25(33)30(28(17)2)20-8-4-3-5-9-20)27-26-29(19-11-13-22(32)14-12-19)23(16-36-26)18-7-6-10-21(15-18)31(34)35/h3-16,32H,1-2H3. The second-order valence-electron chi connectivity index (χ2n) is 8.08. The highest BCUT2D eigenvalue weighted by molar-refractivity contribution is 7.07. The number of aromatic nitrogens is 3. The van der Waals surface area contributed by atoms with Gasteiger partial charge in [0.05, 0.1) is 22.0 Å². The Hall–Kier alpha value is -4.70. The van der Waals surface area contributed by atoms with Crippen LogP contribution in [0.15, 0.2) is 94.0 Å². The third-order valence-electron chi connectivity index (χ3n) is 5.90. The third-order valence-corrected chi connectivity index (χ3v) is 6.73. The minimum Gasteiger partial charge on any atom is -0.508 e. The first-order valence-corrected chi connectivity index (χ1v) is 11.9. The Labute approximate surface area is 209 Å². The number of hydrogen-bond donors (Lipinski definition) is 1. The van der Waals surface area contributed by atoms with E-state index in [1.807, 2.05) is 47.2 Å². The van der Waals surface area contributed by atoms with Gasteiger partial charge in [-0.2, -0.15) is 0 Å². The molecule has 0 fully saturated rings. The van der Waals surface area contributed by atoms with E-state index in [1.165, 1.54) is 23.5 Å². The molecule has 3 aromatic carbocycles. The third kappa shape index (κ3) is 4.03. The van der Waals surface area contributed by atoms with E-state index in [0.29, 0.717) is 33.1 Å². The molecule has 10 heteroatoms. The van der Waals surface area contributed by atoms with Gasteiger partial charge in [0.25, 0.3) is 11.2 Å². The maximum absolute atomic E-state index is 13.4. The molecule has 180 valence electrons. The van der Waals surface area contributed by atoms with Crippen LogP contribution in [0.3, 0.4) is 0 Å². The van der Waals surface area contributed by atoms with Gasteiger partial charge in [-0.1, -0.05) is 30.3 Å². The van der Waals surface area contributed by atoms with Crippen LogP contribution in [-0.2, 0) is 7.05 Å². The van der Waals surface area contributed by atoms with Gasteiger partial charge in [-0.15, -0.1) is 11.3 Å². The van der Waals surface area contributed by atoms with Crippen LogP contribution in [-0.4, -0.2) is 24.0 Å². The van der Waals surface area contributed by atoms with Crippen LogP contribution in [0, 0.1) is 17.0 Å². The summed E-state index contributed by atoms with van der Waals surface area (Å²) in [6.07, 6.45) is 0. The smallest absolute Gasteiger partial charge is 0.297 e. The molecule has 36 heavy (non-hydrogen) atoms. The second kappa shape index (κ2) is 9.16. The van der Waals surface area contributed by atoms with Gasteiger partial charge in [-0.05, 0) is 43.3 Å². The molecule has 0 aliphatic carbocycles. The van der Waals surface area contributed by atoms with Gasteiger partial charge in [-0.3, -0.25) is 24.2 Å². The molecule has 0 radical (unpaired) electrons. The fraction of sp³-hybridized carbons (Fsp3) is 0.0769. The van der Waals surface area contributed by atoms with Crippen molar-refractivity contribution in [1.82, 2.24) is 13.9 Å². The lowest BCUT2D eigenvalue weighted by Gasteiger charge is -2.09. The molecular weight excluding hydrogens is 478 g/mol. The highest BCUT2D eigenvalue weighted by Crippen LogP contribution is 2.28. The van der Waals surface area contributed by atoms with Crippen LogP contribution >= 0.6 is 11.3 Å². The number of nitro groups is 1. The van der Waals surface area contributed by atoms with E-state index in [-0.39, 0.29) is 17.0 Å². The molecule has 0 saturated heterocycles. The molecule has 5 aromatic rings. The van der Waals surface area contributed by atoms with Crippen LogP contribution in [0.25, 0.3) is 22.6 Å². The topological polar surface area (TPSA) is 108 Å². The molecule has 1 N–H and O–H groups in total. The number of rotatable bonds is 5. The largest absolute Gasteiger partial charge is 0.508 e. The van der Waals surface area contributed by atoms with E-state index in [0.717, 1.165) is 5.69 Å². The Bertz CT molecular complexity index is 1710. The first-order valence-electron chi connectivity index (χ1n) is 11.0. The first-order chi connectivity index (χ1) is 17.3. The Morgan fingerprint density at radius 1 is 0.972 bits per heavy atom. The van der Waals surface area contributed by atoms with Crippen molar-refractivity contribution in [3.8, 4) is 28.4 Å². The number of benzene rings is 3. The summed E-state index contributed by atoms with van der Waals surface area (Å²) in [6, 6.07) is 22.2. The number of para-hydroxylation sites is 1.